The standard InChI is InChI=1S/C22H24N4O4S2/c1-13-9-14(2)12-24(11-13)19-15(20(29)25-7-4-3-5-17(25)23-19)10-16-21(30)26(22(31)32-16)8-6-18(27)28/h3-5,7,10,13-14H,6,8-9,11-12H2,1-2H3,(H,27,28). The first-order valence-corrected chi connectivity index (χ1v) is 11.7. The molecule has 2 aromatic rings. The van der Waals surface area contributed by atoms with Crippen LogP contribution < -0.4 is 10.5 Å². The summed E-state index contributed by atoms with van der Waals surface area (Å²) in [6.45, 7) is 5.92. The van der Waals surface area contributed by atoms with Crippen molar-refractivity contribution in [1.29, 1.82) is 0 Å². The SMILES string of the molecule is CC1CC(C)CN(c2nc3ccccn3c(=O)c2C=C2SC(=S)N(CCC(=O)O)C2=O)C1. The summed E-state index contributed by atoms with van der Waals surface area (Å²) in [7, 11) is 0. The minimum absolute atomic E-state index is 0.000302. The molecule has 0 aliphatic carbocycles. The van der Waals surface area contributed by atoms with Gasteiger partial charge in [0.2, 0.25) is 0 Å². The lowest BCUT2D eigenvalue weighted by molar-refractivity contribution is -0.137. The van der Waals surface area contributed by atoms with E-state index in [-0.39, 0.29) is 28.8 Å². The van der Waals surface area contributed by atoms with Gasteiger partial charge in [-0.3, -0.25) is 23.7 Å². The maximum absolute atomic E-state index is 13.4. The van der Waals surface area contributed by atoms with Crippen LogP contribution in [0.2, 0.25) is 0 Å². The molecular formula is C22H24N4O4S2. The van der Waals surface area contributed by atoms with E-state index in [1.807, 2.05) is 6.07 Å². The molecule has 2 aromatic heterocycles. The van der Waals surface area contributed by atoms with Gasteiger partial charge in [-0.25, -0.2) is 4.98 Å². The maximum atomic E-state index is 13.4. The number of pyridine rings is 1. The number of carboxylic acids is 1. The second-order valence-corrected chi connectivity index (χ2v) is 10.1. The smallest absolute Gasteiger partial charge is 0.305 e. The molecule has 2 atom stereocenters. The zero-order valence-electron chi connectivity index (χ0n) is 17.9. The number of rotatable bonds is 5. The molecule has 2 fully saturated rings. The number of aromatic nitrogens is 2. The van der Waals surface area contributed by atoms with Crippen LogP contribution in [0, 0.1) is 11.8 Å². The van der Waals surface area contributed by atoms with Gasteiger partial charge in [-0.1, -0.05) is 43.9 Å². The third-order valence-corrected chi connectivity index (χ3v) is 6.99. The number of amides is 1. The normalized spacial score (nSPS) is 22.9. The van der Waals surface area contributed by atoms with Crippen LogP contribution in [0.15, 0.2) is 34.1 Å². The number of thioether (sulfide) groups is 1. The number of fused-ring (bicyclic) bond motifs is 1. The summed E-state index contributed by atoms with van der Waals surface area (Å²) in [5.74, 6) is 0.0879. The molecule has 0 bridgehead atoms. The van der Waals surface area contributed by atoms with E-state index in [4.69, 9.17) is 22.3 Å². The summed E-state index contributed by atoms with van der Waals surface area (Å²) in [6, 6.07) is 5.38. The second kappa shape index (κ2) is 9.03. The average Bonchev–Trinajstić information content (AvgIpc) is 3.00. The van der Waals surface area contributed by atoms with E-state index in [0.29, 0.717) is 33.8 Å². The van der Waals surface area contributed by atoms with Gasteiger partial charge in [0.05, 0.1) is 16.9 Å². The number of carbonyl (C=O) groups excluding carboxylic acids is 1. The summed E-state index contributed by atoms with van der Waals surface area (Å²) in [5, 5.41) is 8.95. The van der Waals surface area contributed by atoms with Crippen LogP contribution in [0.5, 0.6) is 0 Å². The molecule has 0 aromatic carbocycles. The summed E-state index contributed by atoms with van der Waals surface area (Å²) < 4.78 is 1.76. The Morgan fingerprint density at radius 1 is 1.28 bits per heavy atom. The van der Waals surface area contributed by atoms with Crippen LogP contribution in [0.25, 0.3) is 11.7 Å². The number of nitrogens with zero attached hydrogens (tertiary/aromatic N) is 4. The predicted molar refractivity (Wildman–Crippen MR) is 129 cm³/mol. The first-order valence-electron chi connectivity index (χ1n) is 10.5. The third-order valence-electron chi connectivity index (χ3n) is 5.62. The topological polar surface area (TPSA) is 95.2 Å². The van der Waals surface area contributed by atoms with E-state index >= 15 is 0 Å². The Morgan fingerprint density at radius 3 is 2.69 bits per heavy atom. The number of anilines is 1. The number of thiocarbonyl (C=S) groups is 1. The molecule has 2 saturated heterocycles. The fourth-order valence-electron chi connectivity index (χ4n) is 4.33. The van der Waals surface area contributed by atoms with E-state index in [1.54, 1.807) is 24.4 Å². The van der Waals surface area contributed by atoms with Crippen LogP contribution in [-0.4, -0.2) is 55.2 Å². The van der Waals surface area contributed by atoms with E-state index < -0.39 is 5.97 Å². The molecule has 1 amide bonds. The van der Waals surface area contributed by atoms with Gasteiger partial charge in [0.15, 0.2) is 0 Å². The molecule has 0 saturated carbocycles. The van der Waals surface area contributed by atoms with Crippen LogP contribution in [-0.2, 0) is 9.59 Å². The fourth-order valence-corrected chi connectivity index (χ4v) is 5.62. The molecule has 168 valence electrons. The van der Waals surface area contributed by atoms with Crippen LogP contribution >= 0.6 is 24.0 Å². The lowest BCUT2D eigenvalue weighted by Gasteiger charge is -2.36. The number of piperidine rings is 1. The number of hydrogen-bond donors (Lipinski definition) is 1. The van der Waals surface area contributed by atoms with E-state index in [1.165, 1.54) is 9.30 Å². The quantitative estimate of drug-likeness (QED) is 0.524. The lowest BCUT2D eigenvalue weighted by atomic mass is 9.91. The molecule has 4 rings (SSSR count). The van der Waals surface area contributed by atoms with E-state index in [9.17, 15) is 14.4 Å². The molecule has 0 radical (unpaired) electrons. The number of carboxylic acid groups (broad SMARTS) is 1. The zero-order chi connectivity index (χ0) is 23.0. The maximum Gasteiger partial charge on any atom is 0.305 e. The molecule has 4 heterocycles. The van der Waals surface area contributed by atoms with Gasteiger partial charge in [-0.2, -0.15) is 0 Å². The molecule has 8 nitrogen and oxygen atoms in total. The first-order chi connectivity index (χ1) is 15.2. The van der Waals surface area contributed by atoms with E-state index in [2.05, 4.69) is 18.7 Å². The summed E-state index contributed by atoms with van der Waals surface area (Å²) in [4.78, 5) is 45.8. The molecule has 32 heavy (non-hydrogen) atoms. The molecule has 0 spiro atoms. The van der Waals surface area contributed by atoms with Crippen molar-refractivity contribution in [3.8, 4) is 0 Å². The first kappa shape index (κ1) is 22.5. The highest BCUT2D eigenvalue weighted by atomic mass is 32.2. The fraction of sp³-hybridized carbons (Fsp3) is 0.409. The van der Waals surface area contributed by atoms with Gasteiger partial charge in [-0.15, -0.1) is 0 Å². The van der Waals surface area contributed by atoms with Gasteiger partial charge < -0.3 is 10.0 Å². The Bertz CT molecular complexity index is 1180. The molecule has 2 unspecified atom stereocenters. The summed E-state index contributed by atoms with van der Waals surface area (Å²) in [6.07, 6.45) is 4.13. The highest BCUT2D eigenvalue weighted by molar-refractivity contribution is 8.26. The largest absolute Gasteiger partial charge is 0.481 e. The van der Waals surface area contributed by atoms with Gasteiger partial charge in [-0.05, 0) is 36.5 Å². The van der Waals surface area contributed by atoms with Crippen molar-refractivity contribution >= 4 is 57.7 Å². The van der Waals surface area contributed by atoms with Crippen molar-refractivity contribution in [3.63, 3.8) is 0 Å². The molecule has 2 aliphatic rings. The highest BCUT2D eigenvalue weighted by Gasteiger charge is 2.33. The zero-order valence-corrected chi connectivity index (χ0v) is 19.5. The molecule has 2 aliphatic heterocycles. The Kier molecular flexibility index (Phi) is 6.34. The minimum atomic E-state index is -1.00. The Hall–Kier alpha value is -2.72. The Balaban J connectivity index is 1.80. The van der Waals surface area contributed by atoms with Gasteiger partial charge >= 0.3 is 5.97 Å². The third kappa shape index (κ3) is 4.42. The highest BCUT2D eigenvalue weighted by Crippen LogP contribution is 2.34. The van der Waals surface area contributed by atoms with Crippen LogP contribution in [0.3, 0.4) is 0 Å². The van der Waals surface area contributed by atoms with Crippen LogP contribution in [0.4, 0.5) is 5.82 Å². The van der Waals surface area contributed by atoms with Gasteiger partial charge in [0.25, 0.3) is 11.5 Å². The molecule has 1 N–H and O–H groups in total. The minimum Gasteiger partial charge on any atom is -0.481 e. The lowest BCUT2D eigenvalue weighted by Crippen LogP contribution is -2.40. The van der Waals surface area contributed by atoms with Gasteiger partial charge in [0.1, 0.15) is 15.8 Å². The van der Waals surface area contributed by atoms with Crippen molar-refractivity contribution in [3.05, 3.63) is 45.2 Å². The van der Waals surface area contributed by atoms with Gasteiger partial charge in [0, 0.05) is 25.8 Å². The van der Waals surface area contributed by atoms with Crippen molar-refractivity contribution in [2.24, 2.45) is 11.8 Å². The summed E-state index contributed by atoms with van der Waals surface area (Å²) >= 11 is 6.37. The van der Waals surface area contributed by atoms with Crippen molar-refractivity contribution < 1.29 is 14.7 Å². The molecular weight excluding hydrogens is 448 g/mol. The second-order valence-electron chi connectivity index (χ2n) is 8.41. The number of hydrogen-bond acceptors (Lipinski definition) is 7. The predicted octanol–water partition coefficient (Wildman–Crippen LogP) is 2.85. The monoisotopic (exact) mass is 472 g/mol. The van der Waals surface area contributed by atoms with E-state index in [0.717, 1.165) is 31.3 Å². The Morgan fingerprint density at radius 2 is 2.00 bits per heavy atom. The Labute approximate surface area is 194 Å². The van der Waals surface area contributed by atoms with Crippen molar-refractivity contribution in [2.45, 2.75) is 26.7 Å². The van der Waals surface area contributed by atoms with Crippen molar-refractivity contribution in [2.75, 3.05) is 24.5 Å². The summed E-state index contributed by atoms with van der Waals surface area (Å²) in [5.41, 5.74) is 0.630. The number of aliphatic carboxylic acids is 1. The van der Waals surface area contributed by atoms with Crippen molar-refractivity contribution in [1.82, 2.24) is 14.3 Å². The molecule has 10 heteroatoms. The average molecular weight is 473 g/mol. The number of carbonyl (C=O) groups is 2. The van der Waals surface area contributed by atoms with Crippen LogP contribution in [0.1, 0.15) is 32.3 Å².